The molecule has 0 saturated heterocycles. The predicted molar refractivity (Wildman–Crippen MR) is 71.8 cm³/mol. The summed E-state index contributed by atoms with van der Waals surface area (Å²) >= 11 is 0. The van der Waals surface area contributed by atoms with Crippen LogP contribution in [0.1, 0.15) is 5.56 Å². The lowest BCUT2D eigenvalue weighted by atomic mass is 10.1. The molecule has 0 atom stereocenters. The highest BCUT2D eigenvalue weighted by atomic mass is 19.4. The number of halogens is 3. The number of nitrogen functional groups attached to an aromatic ring is 1. The average molecular weight is 277 g/mol. The number of anilines is 3. The van der Waals surface area contributed by atoms with E-state index in [1.54, 1.807) is 24.3 Å². The molecule has 0 aliphatic carbocycles. The molecule has 0 aromatic heterocycles. The van der Waals surface area contributed by atoms with Gasteiger partial charge in [-0.25, -0.2) is 4.85 Å². The quantitative estimate of drug-likeness (QED) is 0.623. The summed E-state index contributed by atoms with van der Waals surface area (Å²) in [6.45, 7) is 6.83. The van der Waals surface area contributed by atoms with E-state index < -0.39 is 11.7 Å². The minimum absolute atomic E-state index is 0.00841. The van der Waals surface area contributed by atoms with Gasteiger partial charge in [-0.05, 0) is 30.3 Å². The summed E-state index contributed by atoms with van der Waals surface area (Å²) in [5.74, 6) is 0. The van der Waals surface area contributed by atoms with Crippen molar-refractivity contribution < 1.29 is 13.2 Å². The molecule has 0 amide bonds. The first-order valence-corrected chi connectivity index (χ1v) is 5.61. The summed E-state index contributed by atoms with van der Waals surface area (Å²) in [6, 6.07) is 9.66. The maximum atomic E-state index is 12.5. The zero-order valence-electron chi connectivity index (χ0n) is 10.2. The van der Waals surface area contributed by atoms with Crippen molar-refractivity contribution in [3.8, 4) is 0 Å². The van der Waals surface area contributed by atoms with Crippen molar-refractivity contribution in [2.24, 2.45) is 0 Å². The Kier molecular flexibility index (Phi) is 3.53. The first-order valence-electron chi connectivity index (χ1n) is 5.61. The molecule has 0 saturated carbocycles. The fourth-order valence-corrected chi connectivity index (χ4v) is 1.63. The van der Waals surface area contributed by atoms with Crippen LogP contribution in [-0.2, 0) is 6.18 Å². The van der Waals surface area contributed by atoms with Crippen molar-refractivity contribution in [3.63, 3.8) is 0 Å². The maximum absolute atomic E-state index is 12.5. The van der Waals surface area contributed by atoms with Crippen molar-refractivity contribution in [1.29, 1.82) is 0 Å². The summed E-state index contributed by atoms with van der Waals surface area (Å²) in [4.78, 5) is 3.25. The first kappa shape index (κ1) is 13.7. The monoisotopic (exact) mass is 277 g/mol. The van der Waals surface area contributed by atoms with Crippen LogP contribution in [0.5, 0.6) is 0 Å². The lowest BCUT2D eigenvalue weighted by molar-refractivity contribution is -0.137. The van der Waals surface area contributed by atoms with Crippen LogP contribution in [0, 0.1) is 6.57 Å². The van der Waals surface area contributed by atoms with Crippen LogP contribution in [-0.4, -0.2) is 0 Å². The Morgan fingerprint density at radius 1 is 1.05 bits per heavy atom. The van der Waals surface area contributed by atoms with E-state index in [4.69, 9.17) is 12.3 Å². The van der Waals surface area contributed by atoms with Crippen LogP contribution < -0.4 is 11.1 Å². The topological polar surface area (TPSA) is 42.4 Å². The summed E-state index contributed by atoms with van der Waals surface area (Å²) in [6.07, 6.45) is -4.41. The molecule has 0 heterocycles. The Morgan fingerprint density at radius 2 is 1.70 bits per heavy atom. The summed E-state index contributed by atoms with van der Waals surface area (Å²) in [5, 5.41) is 2.91. The smallest absolute Gasteiger partial charge is 0.397 e. The van der Waals surface area contributed by atoms with Crippen molar-refractivity contribution in [1.82, 2.24) is 0 Å². The van der Waals surface area contributed by atoms with Crippen LogP contribution >= 0.6 is 0 Å². The van der Waals surface area contributed by atoms with Crippen molar-refractivity contribution >= 4 is 22.7 Å². The lowest BCUT2D eigenvalue weighted by Gasteiger charge is -2.12. The van der Waals surface area contributed by atoms with Gasteiger partial charge in [-0.1, -0.05) is 12.1 Å². The minimum Gasteiger partial charge on any atom is -0.397 e. The number of hydrogen-bond donors (Lipinski definition) is 2. The maximum Gasteiger partial charge on any atom is 0.416 e. The van der Waals surface area contributed by atoms with Crippen LogP contribution in [0.2, 0.25) is 0 Å². The first-order chi connectivity index (χ1) is 9.40. The molecule has 3 N–H and O–H groups in total. The summed E-state index contributed by atoms with van der Waals surface area (Å²) in [7, 11) is 0. The van der Waals surface area contributed by atoms with Crippen LogP contribution in [0.3, 0.4) is 0 Å². The molecule has 0 unspecified atom stereocenters. The molecule has 20 heavy (non-hydrogen) atoms. The molecule has 0 radical (unpaired) electrons. The molecule has 102 valence electrons. The van der Waals surface area contributed by atoms with Crippen LogP contribution in [0.15, 0.2) is 42.5 Å². The van der Waals surface area contributed by atoms with Gasteiger partial charge in [0.15, 0.2) is 5.69 Å². The molecule has 2 rings (SSSR count). The Bertz CT molecular complexity index is 655. The normalized spacial score (nSPS) is 10.9. The number of hydrogen-bond acceptors (Lipinski definition) is 2. The van der Waals surface area contributed by atoms with E-state index in [1.165, 1.54) is 6.07 Å². The van der Waals surface area contributed by atoms with Gasteiger partial charge >= 0.3 is 6.18 Å². The van der Waals surface area contributed by atoms with E-state index in [0.717, 1.165) is 12.1 Å². The minimum atomic E-state index is -4.41. The fourth-order valence-electron chi connectivity index (χ4n) is 1.63. The second kappa shape index (κ2) is 5.13. The fraction of sp³-hybridized carbons (Fsp3) is 0.0714. The SMILES string of the molecule is [C-]#[N+]c1ccc(Nc2ccc(C(F)(F)F)cc2N)cc1. The van der Waals surface area contributed by atoms with Gasteiger partial charge < -0.3 is 11.1 Å². The number of benzene rings is 2. The number of rotatable bonds is 2. The van der Waals surface area contributed by atoms with Crippen molar-refractivity contribution in [3.05, 3.63) is 59.4 Å². The molecule has 0 aliphatic rings. The van der Waals surface area contributed by atoms with Crippen LogP contribution in [0.25, 0.3) is 4.85 Å². The van der Waals surface area contributed by atoms with Gasteiger partial charge in [0.25, 0.3) is 0 Å². The van der Waals surface area contributed by atoms with Gasteiger partial charge in [-0.15, -0.1) is 0 Å². The molecule has 0 spiro atoms. The number of nitrogens with two attached hydrogens (primary N) is 1. The second-order valence-electron chi connectivity index (χ2n) is 4.08. The molecular formula is C14H10F3N3. The van der Waals surface area contributed by atoms with E-state index in [0.29, 0.717) is 17.1 Å². The molecule has 0 fully saturated rings. The predicted octanol–water partition coefficient (Wildman–Crippen LogP) is 4.58. The van der Waals surface area contributed by atoms with Crippen molar-refractivity contribution in [2.75, 3.05) is 11.1 Å². The van der Waals surface area contributed by atoms with E-state index in [1.807, 2.05) is 0 Å². The third kappa shape index (κ3) is 3.01. The Balaban J connectivity index is 2.23. The van der Waals surface area contributed by atoms with Gasteiger partial charge in [0.05, 0.1) is 23.5 Å². The van der Waals surface area contributed by atoms with E-state index >= 15 is 0 Å². The zero-order chi connectivity index (χ0) is 14.8. The largest absolute Gasteiger partial charge is 0.416 e. The highest BCUT2D eigenvalue weighted by Gasteiger charge is 2.30. The van der Waals surface area contributed by atoms with Gasteiger partial charge in [0, 0.05) is 5.69 Å². The molecular weight excluding hydrogens is 267 g/mol. The molecule has 2 aromatic rings. The number of nitrogens with one attached hydrogen (secondary N) is 1. The standard InChI is InChI=1S/C14H10F3N3/c1-19-10-3-5-11(6-4-10)20-13-7-2-9(8-12(13)18)14(15,16)17/h2-8,20H,18H2. The van der Waals surface area contributed by atoms with Gasteiger partial charge in [0.2, 0.25) is 0 Å². The van der Waals surface area contributed by atoms with E-state index in [9.17, 15) is 13.2 Å². The van der Waals surface area contributed by atoms with Gasteiger partial charge in [-0.2, -0.15) is 13.2 Å². The summed E-state index contributed by atoms with van der Waals surface area (Å²) in [5.41, 5.74) is 6.34. The Hall–Kier alpha value is -2.68. The van der Waals surface area contributed by atoms with Crippen molar-refractivity contribution in [2.45, 2.75) is 6.18 Å². The van der Waals surface area contributed by atoms with E-state index in [2.05, 4.69) is 10.2 Å². The molecule has 0 aliphatic heterocycles. The van der Waals surface area contributed by atoms with Crippen LogP contribution in [0.4, 0.5) is 35.9 Å². The molecule has 0 bridgehead atoms. The number of nitrogens with zero attached hydrogens (tertiary/aromatic N) is 1. The third-order valence-corrected chi connectivity index (χ3v) is 2.65. The van der Waals surface area contributed by atoms with Gasteiger partial charge in [-0.3, -0.25) is 0 Å². The third-order valence-electron chi connectivity index (χ3n) is 2.65. The summed E-state index contributed by atoms with van der Waals surface area (Å²) < 4.78 is 37.5. The highest BCUT2D eigenvalue weighted by molar-refractivity contribution is 5.73. The Labute approximate surface area is 113 Å². The lowest BCUT2D eigenvalue weighted by Crippen LogP contribution is -2.06. The average Bonchev–Trinajstić information content (AvgIpc) is 2.41. The Morgan fingerprint density at radius 3 is 2.20 bits per heavy atom. The number of alkyl halides is 3. The molecule has 2 aromatic carbocycles. The zero-order valence-corrected chi connectivity index (χ0v) is 10.2. The molecule has 6 heteroatoms. The van der Waals surface area contributed by atoms with Gasteiger partial charge in [0.1, 0.15) is 0 Å². The second-order valence-corrected chi connectivity index (χ2v) is 4.08. The highest BCUT2D eigenvalue weighted by Crippen LogP contribution is 2.33. The molecule has 3 nitrogen and oxygen atoms in total. The van der Waals surface area contributed by atoms with E-state index in [-0.39, 0.29) is 5.69 Å².